The zero-order valence-electron chi connectivity index (χ0n) is 4.97. The summed E-state index contributed by atoms with van der Waals surface area (Å²) in [4.78, 5) is 0. The Balaban J connectivity index is 3.46. The third kappa shape index (κ3) is 1.92. The van der Waals surface area contributed by atoms with Crippen molar-refractivity contribution in [2.24, 2.45) is 0 Å². The topological polar surface area (TPSA) is 0 Å². The van der Waals surface area contributed by atoms with Crippen LogP contribution in [-0.2, 0) is 0 Å². The van der Waals surface area contributed by atoms with Gasteiger partial charge in [0.15, 0.2) is 11.6 Å². The van der Waals surface area contributed by atoms with Gasteiger partial charge in [0.1, 0.15) is 0 Å². The van der Waals surface area contributed by atoms with Crippen molar-refractivity contribution >= 4 is 54.5 Å². The molecule has 5 heteroatoms. The largest absolute Gasteiger partial charge is 0.202 e. The predicted molar refractivity (Wildman–Crippen MR) is 54.5 cm³/mol. The highest BCUT2D eigenvalue weighted by Crippen LogP contribution is 2.29. The minimum Gasteiger partial charge on any atom is -0.202 e. The molecule has 0 bridgehead atoms. The summed E-state index contributed by atoms with van der Waals surface area (Å²) in [5.74, 6) is -1.68. The molecule has 0 atom stereocenters. The van der Waals surface area contributed by atoms with E-state index in [4.69, 9.17) is 0 Å². The molecule has 0 aliphatic heterocycles. The highest BCUT2D eigenvalue weighted by molar-refractivity contribution is 14.1. The van der Waals surface area contributed by atoms with Crippen LogP contribution in [0.15, 0.2) is 15.0 Å². The van der Waals surface area contributed by atoms with Crippen molar-refractivity contribution in [2.45, 2.75) is 0 Å². The summed E-state index contributed by atoms with van der Waals surface area (Å²) in [5, 5.41) is 0. The second-order valence-electron chi connectivity index (χ2n) is 1.78. The molecular weight excluding hydrogens is 397 g/mol. The Morgan fingerprint density at radius 3 is 2.18 bits per heavy atom. The van der Waals surface area contributed by atoms with Gasteiger partial charge in [0.2, 0.25) is 0 Å². The van der Waals surface area contributed by atoms with Crippen LogP contribution >= 0.6 is 54.5 Å². The van der Waals surface area contributed by atoms with Crippen LogP contribution in [0.4, 0.5) is 8.78 Å². The molecule has 1 aromatic rings. The normalized spacial score (nSPS) is 10.3. The summed E-state index contributed by atoms with van der Waals surface area (Å²) in [7, 11) is 0. The lowest BCUT2D eigenvalue weighted by molar-refractivity contribution is 0.498. The molecule has 60 valence electrons. The number of hydrogen-bond donors (Lipinski definition) is 0. The number of halogens is 5. The molecule has 0 aliphatic rings. The standard InChI is InChI=1S/C6HBr2F2I/c7-2-1-3(8)6(11)5(10)4(2)9/h1H. The van der Waals surface area contributed by atoms with E-state index in [1.165, 1.54) is 6.07 Å². The van der Waals surface area contributed by atoms with Crippen molar-refractivity contribution in [3.05, 3.63) is 30.2 Å². The van der Waals surface area contributed by atoms with Gasteiger partial charge in [0.25, 0.3) is 0 Å². The minimum atomic E-state index is -0.849. The summed E-state index contributed by atoms with van der Waals surface area (Å²) in [6.07, 6.45) is 0. The molecule has 0 unspecified atom stereocenters. The van der Waals surface area contributed by atoms with Gasteiger partial charge in [0, 0.05) is 4.47 Å². The van der Waals surface area contributed by atoms with Crippen molar-refractivity contribution in [1.29, 1.82) is 0 Å². The van der Waals surface area contributed by atoms with Gasteiger partial charge < -0.3 is 0 Å². The van der Waals surface area contributed by atoms with E-state index in [1.54, 1.807) is 22.6 Å². The number of rotatable bonds is 0. The monoisotopic (exact) mass is 396 g/mol. The molecule has 1 aromatic carbocycles. The zero-order valence-corrected chi connectivity index (χ0v) is 10.3. The van der Waals surface area contributed by atoms with Crippen molar-refractivity contribution in [3.8, 4) is 0 Å². The van der Waals surface area contributed by atoms with Crippen LogP contribution in [0.25, 0.3) is 0 Å². The van der Waals surface area contributed by atoms with Gasteiger partial charge in [-0.2, -0.15) is 0 Å². The Kier molecular flexibility index (Phi) is 3.27. The summed E-state index contributed by atoms with van der Waals surface area (Å²) >= 11 is 7.70. The van der Waals surface area contributed by atoms with Gasteiger partial charge in [-0.3, -0.25) is 0 Å². The molecule has 0 radical (unpaired) electrons. The van der Waals surface area contributed by atoms with Crippen molar-refractivity contribution in [3.63, 3.8) is 0 Å². The smallest absolute Gasteiger partial charge is 0.174 e. The van der Waals surface area contributed by atoms with Gasteiger partial charge in [-0.15, -0.1) is 0 Å². The molecular formula is C6HBr2F2I. The molecule has 0 heterocycles. The average Bonchev–Trinajstić information content (AvgIpc) is 1.97. The molecule has 1 rings (SSSR count). The molecule has 0 saturated carbocycles. The van der Waals surface area contributed by atoms with Crippen LogP contribution in [-0.4, -0.2) is 0 Å². The Morgan fingerprint density at radius 2 is 1.64 bits per heavy atom. The van der Waals surface area contributed by atoms with Gasteiger partial charge in [-0.25, -0.2) is 8.78 Å². The lowest BCUT2D eigenvalue weighted by Gasteiger charge is -2.00. The molecule has 11 heavy (non-hydrogen) atoms. The summed E-state index contributed by atoms with van der Waals surface area (Å²) in [6.45, 7) is 0. The van der Waals surface area contributed by atoms with Crippen LogP contribution in [0.2, 0.25) is 0 Å². The maximum Gasteiger partial charge on any atom is 0.174 e. The number of benzene rings is 1. The fourth-order valence-corrected chi connectivity index (χ4v) is 2.05. The average molecular weight is 398 g/mol. The third-order valence-electron chi connectivity index (χ3n) is 1.06. The summed E-state index contributed by atoms with van der Waals surface area (Å²) in [6, 6.07) is 1.47. The summed E-state index contributed by atoms with van der Waals surface area (Å²) in [5.41, 5.74) is 0. The van der Waals surface area contributed by atoms with E-state index in [0.717, 1.165) is 0 Å². The van der Waals surface area contributed by atoms with Crippen LogP contribution in [0.5, 0.6) is 0 Å². The second kappa shape index (κ2) is 3.66. The SMILES string of the molecule is Fc1c(Br)cc(Br)c(I)c1F. The van der Waals surface area contributed by atoms with Crippen molar-refractivity contribution in [2.75, 3.05) is 0 Å². The molecule has 0 nitrogen and oxygen atoms in total. The van der Waals surface area contributed by atoms with Gasteiger partial charge in [0.05, 0.1) is 8.04 Å². The van der Waals surface area contributed by atoms with Gasteiger partial charge in [-0.1, -0.05) is 0 Å². The Bertz CT molecular complexity index is 275. The highest BCUT2D eigenvalue weighted by Gasteiger charge is 2.13. The van der Waals surface area contributed by atoms with E-state index in [0.29, 0.717) is 4.47 Å². The Labute approximate surface area is 92.8 Å². The lowest BCUT2D eigenvalue weighted by atomic mass is 10.3. The van der Waals surface area contributed by atoms with E-state index >= 15 is 0 Å². The lowest BCUT2D eigenvalue weighted by Crippen LogP contribution is -1.91. The first-order valence-corrected chi connectivity index (χ1v) is 5.19. The van der Waals surface area contributed by atoms with Gasteiger partial charge in [-0.05, 0) is 60.5 Å². The van der Waals surface area contributed by atoms with Crippen molar-refractivity contribution in [1.82, 2.24) is 0 Å². The first-order chi connectivity index (χ1) is 5.04. The van der Waals surface area contributed by atoms with E-state index in [-0.39, 0.29) is 8.04 Å². The van der Waals surface area contributed by atoms with E-state index in [1.807, 2.05) is 0 Å². The minimum absolute atomic E-state index is 0.127. The fourth-order valence-electron chi connectivity index (χ4n) is 0.544. The second-order valence-corrected chi connectivity index (χ2v) is 4.57. The zero-order chi connectivity index (χ0) is 8.59. The molecule has 0 aromatic heterocycles. The Morgan fingerprint density at radius 1 is 1.09 bits per heavy atom. The van der Waals surface area contributed by atoms with Crippen molar-refractivity contribution < 1.29 is 8.78 Å². The first kappa shape index (κ1) is 9.85. The molecule has 0 aliphatic carbocycles. The van der Waals surface area contributed by atoms with Crippen LogP contribution in [0, 0.1) is 15.2 Å². The first-order valence-electron chi connectivity index (χ1n) is 2.52. The molecule has 0 spiro atoms. The van der Waals surface area contributed by atoms with E-state index < -0.39 is 11.6 Å². The van der Waals surface area contributed by atoms with Gasteiger partial charge >= 0.3 is 0 Å². The molecule has 0 amide bonds. The van der Waals surface area contributed by atoms with E-state index in [9.17, 15) is 8.78 Å². The van der Waals surface area contributed by atoms with Crippen LogP contribution < -0.4 is 0 Å². The maximum absolute atomic E-state index is 12.8. The molecule has 0 saturated heterocycles. The fraction of sp³-hybridized carbons (Fsp3) is 0. The Hall–Kier alpha value is 0.770. The van der Waals surface area contributed by atoms with E-state index in [2.05, 4.69) is 31.9 Å². The van der Waals surface area contributed by atoms with Crippen LogP contribution in [0.3, 0.4) is 0 Å². The summed E-state index contributed by atoms with van der Waals surface area (Å²) < 4.78 is 26.5. The predicted octanol–water partition coefficient (Wildman–Crippen LogP) is 4.09. The third-order valence-corrected chi connectivity index (χ3v) is 4.06. The molecule has 0 N–H and O–H groups in total. The highest BCUT2D eigenvalue weighted by atomic mass is 127. The number of hydrogen-bond acceptors (Lipinski definition) is 0. The quantitative estimate of drug-likeness (QED) is 0.351. The molecule has 0 fully saturated rings. The van der Waals surface area contributed by atoms with Crippen LogP contribution in [0.1, 0.15) is 0 Å². The maximum atomic E-state index is 12.8.